The van der Waals surface area contributed by atoms with Gasteiger partial charge in [0.05, 0.1) is 0 Å². The van der Waals surface area contributed by atoms with Crippen LogP contribution in [0.15, 0.2) is 12.1 Å². The molecule has 2 unspecified atom stereocenters. The molecule has 0 bridgehead atoms. The highest BCUT2D eigenvalue weighted by atomic mass is 14.9. The van der Waals surface area contributed by atoms with Gasteiger partial charge in [-0.1, -0.05) is 26.0 Å². The van der Waals surface area contributed by atoms with Gasteiger partial charge in [0, 0.05) is 6.04 Å². The van der Waals surface area contributed by atoms with E-state index < -0.39 is 0 Å². The molecule has 16 heavy (non-hydrogen) atoms. The summed E-state index contributed by atoms with van der Waals surface area (Å²) in [5.74, 6) is 0.738. The van der Waals surface area contributed by atoms with Crippen LogP contribution in [0, 0.1) is 19.8 Å². The van der Waals surface area contributed by atoms with E-state index in [1.54, 1.807) is 11.1 Å². The van der Waals surface area contributed by atoms with E-state index >= 15 is 0 Å². The molecule has 1 heteroatoms. The van der Waals surface area contributed by atoms with Crippen LogP contribution in [-0.4, -0.2) is 6.54 Å². The van der Waals surface area contributed by atoms with Crippen molar-refractivity contribution >= 4 is 0 Å². The van der Waals surface area contributed by atoms with Gasteiger partial charge in [-0.05, 0) is 61.4 Å². The van der Waals surface area contributed by atoms with Crippen LogP contribution in [0.3, 0.4) is 0 Å². The van der Waals surface area contributed by atoms with E-state index in [0.717, 1.165) is 12.5 Å². The third-order valence-corrected chi connectivity index (χ3v) is 3.95. The maximum atomic E-state index is 3.68. The van der Waals surface area contributed by atoms with Gasteiger partial charge in [0.2, 0.25) is 0 Å². The second-order valence-corrected chi connectivity index (χ2v) is 5.19. The quantitative estimate of drug-likeness (QED) is 0.816. The molecule has 2 atom stereocenters. The second kappa shape index (κ2) is 4.58. The van der Waals surface area contributed by atoms with E-state index in [9.17, 15) is 0 Å². The molecule has 0 radical (unpaired) electrons. The topological polar surface area (TPSA) is 12.0 Å². The van der Waals surface area contributed by atoms with Crippen molar-refractivity contribution < 1.29 is 0 Å². The Morgan fingerprint density at radius 3 is 2.75 bits per heavy atom. The van der Waals surface area contributed by atoms with Gasteiger partial charge in [0.15, 0.2) is 0 Å². The second-order valence-electron chi connectivity index (χ2n) is 5.19. The maximum Gasteiger partial charge on any atom is 0.0352 e. The summed E-state index contributed by atoms with van der Waals surface area (Å²) >= 11 is 0. The minimum atomic E-state index is 0.578. The van der Waals surface area contributed by atoms with Crippen molar-refractivity contribution in [3.8, 4) is 0 Å². The van der Waals surface area contributed by atoms with Crippen molar-refractivity contribution in [2.24, 2.45) is 5.92 Å². The van der Waals surface area contributed by atoms with Gasteiger partial charge >= 0.3 is 0 Å². The minimum absolute atomic E-state index is 0.578. The van der Waals surface area contributed by atoms with Crippen molar-refractivity contribution in [1.82, 2.24) is 5.32 Å². The first-order valence-electron chi connectivity index (χ1n) is 6.47. The van der Waals surface area contributed by atoms with Crippen molar-refractivity contribution in [2.45, 2.75) is 46.6 Å². The lowest BCUT2D eigenvalue weighted by Gasteiger charge is -2.18. The minimum Gasteiger partial charge on any atom is -0.310 e. The Kier molecular flexibility index (Phi) is 3.34. The van der Waals surface area contributed by atoms with Gasteiger partial charge < -0.3 is 5.32 Å². The molecule has 1 aliphatic rings. The van der Waals surface area contributed by atoms with E-state index in [2.05, 4.69) is 45.1 Å². The van der Waals surface area contributed by atoms with Crippen molar-refractivity contribution in [2.75, 3.05) is 6.54 Å². The number of benzene rings is 1. The van der Waals surface area contributed by atoms with Crippen LogP contribution in [0.25, 0.3) is 0 Å². The summed E-state index contributed by atoms with van der Waals surface area (Å²) in [6.45, 7) is 10.2. The number of rotatable bonds is 3. The lowest BCUT2D eigenvalue weighted by atomic mass is 9.99. The fourth-order valence-corrected chi connectivity index (χ4v) is 2.81. The molecule has 0 aliphatic heterocycles. The van der Waals surface area contributed by atoms with Gasteiger partial charge in [-0.25, -0.2) is 0 Å². The Hall–Kier alpha value is -0.820. The highest BCUT2D eigenvalue weighted by Gasteiger charge is 2.29. The van der Waals surface area contributed by atoms with Crippen LogP contribution in [0.4, 0.5) is 0 Å². The smallest absolute Gasteiger partial charge is 0.0352 e. The van der Waals surface area contributed by atoms with Crippen LogP contribution in [0.5, 0.6) is 0 Å². The molecule has 1 nitrogen and oxygen atoms in total. The van der Waals surface area contributed by atoms with E-state index in [1.807, 2.05) is 0 Å². The van der Waals surface area contributed by atoms with Gasteiger partial charge in [-0.15, -0.1) is 0 Å². The van der Waals surface area contributed by atoms with Crippen LogP contribution >= 0.6 is 0 Å². The van der Waals surface area contributed by atoms with Crippen molar-refractivity contribution in [1.29, 1.82) is 0 Å². The first-order chi connectivity index (χ1) is 7.65. The van der Waals surface area contributed by atoms with Crippen LogP contribution < -0.4 is 5.32 Å². The first-order valence-corrected chi connectivity index (χ1v) is 6.47. The summed E-state index contributed by atoms with van der Waals surface area (Å²) in [6, 6.07) is 5.18. The summed E-state index contributed by atoms with van der Waals surface area (Å²) in [4.78, 5) is 0. The van der Waals surface area contributed by atoms with E-state index in [1.165, 1.54) is 24.0 Å². The number of fused-ring (bicyclic) bond motifs is 1. The molecular weight excluding hydrogens is 194 g/mol. The molecule has 1 N–H and O–H groups in total. The molecule has 1 aromatic rings. The Morgan fingerprint density at radius 1 is 1.31 bits per heavy atom. The zero-order valence-electron chi connectivity index (χ0n) is 10.9. The van der Waals surface area contributed by atoms with Gasteiger partial charge in [0.25, 0.3) is 0 Å². The standard InChI is InChI=1S/C15H23N/c1-5-8-16-15-11(3)9-14-12(4)10(2)6-7-13(14)15/h6-7,11,15-16H,5,8-9H2,1-4H3. The third kappa shape index (κ3) is 1.89. The normalized spacial score (nSPS) is 23.5. The molecule has 88 valence electrons. The zero-order chi connectivity index (χ0) is 11.7. The van der Waals surface area contributed by atoms with Gasteiger partial charge in [-0.3, -0.25) is 0 Å². The summed E-state index contributed by atoms with van der Waals surface area (Å²) in [5.41, 5.74) is 6.08. The monoisotopic (exact) mass is 217 g/mol. The average Bonchev–Trinajstić information content (AvgIpc) is 2.58. The Bertz CT molecular complexity index is 381. The summed E-state index contributed by atoms with van der Waals surface area (Å²) in [5, 5.41) is 3.68. The molecule has 1 aromatic carbocycles. The fraction of sp³-hybridized carbons (Fsp3) is 0.600. The maximum absolute atomic E-state index is 3.68. The molecular formula is C15H23N. The molecule has 0 heterocycles. The Morgan fingerprint density at radius 2 is 2.06 bits per heavy atom. The van der Waals surface area contributed by atoms with Crippen molar-refractivity contribution in [3.05, 3.63) is 34.4 Å². The first kappa shape index (κ1) is 11.7. The van der Waals surface area contributed by atoms with Crippen LogP contribution in [-0.2, 0) is 6.42 Å². The fourth-order valence-electron chi connectivity index (χ4n) is 2.81. The molecule has 0 saturated carbocycles. The van der Waals surface area contributed by atoms with Gasteiger partial charge in [-0.2, -0.15) is 0 Å². The lowest BCUT2D eigenvalue weighted by Crippen LogP contribution is -2.24. The molecule has 0 aromatic heterocycles. The summed E-state index contributed by atoms with van der Waals surface area (Å²) in [6.07, 6.45) is 2.45. The van der Waals surface area contributed by atoms with E-state index in [4.69, 9.17) is 0 Å². The number of hydrogen-bond acceptors (Lipinski definition) is 1. The number of aryl methyl sites for hydroxylation is 1. The van der Waals surface area contributed by atoms with Crippen LogP contribution in [0.2, 0.25) is 0 Å². The Balaban J connectivity index is 2.31. The number of nitrogens with one attached hydrogen (secondary N) is 1. The van der Waals surface area contributed by atoms with E-state index in [-0.39, 0.29) is 0 Å². The number of hydrogen-bond donors (Lipinski definition) is 1. The van der Waals surface area contributed by atoms with Crippen LogP contribution in [0.1, 0.15) is 48.6 Å². The molecule has 0 saturated heterocycles. The predicted octanol–water partition coefficient (Wildman–Crippen LogP) is 3.54. The molecule has 0 spiro atoms. The Labute approximate surface area is 99.3 Å². The SMILES string of the molecule is CCCNC1c2ccc(C)c(C)c2CC1C. The average molecular weight is 217 g/mol. The predicted molar refractivity (Wildman–Crippen MR) is 69.8 cm³/mol. The zero-order valence-corrected chi connectivity index (χ0v) is 10.9. The van der Waals surface area contributed by atoms with Gasteiger partial charge in [0.1, 0.15) is 0 Å². The third-order valence-electron chi connectivity index (χ3n) is 3.95. The summed E-state index contributed by atoms with van der Waals surface area (Å²) in [7, 11) is 0. The largest absolute Gasteiger partial charge is 0.310 e. The molecule has 0 amide bonds. The summed E-state index contributed by atoms with van der Waals surface area (Å²) < 4.78 is 0. The molecule has 2 rings (SSSR count). The lowest BCUT2D eigenvalue weighted by molar-refractivity contribution is 0.417. The van der Waals surface area contributed by atoms with Crippen molar-refractivity contribution in [3.63, 3.8) is 0 Å². The molecule has 0 fully saturated rings. The molecule has 1 aliphatic carbocycles. The highest BCUT2D eigenvalue weighted by molar-refractivity contribution is 5.45. The van der Waals surface area contributed by atoms with E-state index in [0.29, 0.717) is 6.04 Å². The highest BCUT2D eigenvalue weighted by Crippen LogP contribution is 2.38.